The first-order valence-corrected chi connectivity index (χ1v) is 9.61. The van der Waals surface area contributed by atoms with Crippen LogP contribution < -0.4 is 4.90 Å². The van der Waals surface area contributed by atoms with Crippen molar-refractivity contribution in [1.29, 1.82) is 0 Å². The van der Waals surface area contributed by atoms with Gasteiger partial charge < -0.3 is 14.4 Å². The monoisotopic (exact) mass is 381 g/mol. The Bertz CT molecular complexity index is 809. The van der Waals surface area contributed by atoms with Crippen LogP contribution in [0.5, 0.6) is 0 Å². The number of anilines is 1. The molecule has 1 fully saturated rings. The Labute approximate surface area is 166 Å². The van der Waals surface area contributed by atoms with E-state index in [2.05, 4.69) is 4.90 Å². The average molecular weight is 381 g/mol. The molecule has 5 nitrogen and oxygen atoms in total. The second kappa shape index (κ2) is 8.46. The number of nitrogens with zero attached hydrogens (tertiary/aromatic N) is 1. The molecule has 3 rings (SSSR count). The quantitative estimate of drug-likeness (QED) is 0.726. The SMILES string of the molecule is CC(C)(C)OC(=O)c1ccc(N2CCC(C(=O)OCc3ccccc3)C2)cc1. The van der Waals surface area contributed by atoms with Gasteiger partial charge in [0.1, 0.15) is 12.2 Å². The molecule has 0 amide bonds. The highest BCUT2D eigenvalue weighted by Gasteiger charge is 2.30. The Kier molecular flexibility index (Phi) is 6.02. The number of ether oxygens (including phenoxy) is 2. The van der Waals surface area contributed by atoms with Crippen molar-refractivity contribution in [3.05, 3.63) is 65.7 Å². The van der Waals surface area contributed by atoms with Gasteiger partial charge in [0.2, 0.25) is 0 Å². The summed E-state index contributed by atoms with van der Waals surface area (Å²) >= 11 is 0. The normalized spacial score (nSPS) is 16.7. The van der Waals surface area contributed by atoms with E-state index in [0.717, 1.165) is 24.2 Å². The van der Waals surface area contributed by atoms with Crippen LogP contribution in [0.25, 0.3) is 0 Å². The smallest absolute Gasteiger partial charge is 0.338 e. The van der Waals surface area contributed by atoms with Gasteiger partial charge in [-0.25, -0.2) is 4.79 Å². The van der Waals surface area contributed by atoms with Crippen molar-refractivity contribution in [2.45, 2.75) is 39.4 Å². The van der Waals surface area contributed by atoms with Gasteiger partial charge in [-0.3, -0.25) is 4.79 Å². The molecule has 0 saturated carbocycles. The van der Waals surface area contributed by atoms with Gasteiger partial charge in [0.25, 0.3) is 0 Å². The fourth-order valence-electron chi connectivity index (χ4n) is 3.18. The van der Waals surface area contributed by atoms with Crippen molar-refractivity contribution in [3.63, 3.8) is 0 Å². The summed E-state index contributed by atoms with van der Waals surface area (Å²) in [4.78, 5) is 26.6. The van der Waals surface area contributed by atoms with Gasteiger partial charge in [-0.1, -0.05) is 30.3 Å². The van der Waals surface area contributed by atoms with E-state index in [1.807, 2.05) is 63.2 Å². The summed E-state index contributed by atoms with van der Waals surface area (Å²) in [5.74, 6) is -0.617. The van der Waals surface area contributed by atoms with E-state index in [0.29, 0.717) is 18.7 Å². The average Bonchev–Trinajstić information content (AvgIpc) is 3.16. The summed E-state index contributed by atoms with van der Waals surface area (Å²) < 4.78 is 10.9. The number of hydrogen-bond donors (Lipinski definition) is 0. The third-order valence-corrected chi connectivity index (χ3v) is 4.61. The molecular weight excluding hydrogens is 354 g/mol. The second-order valence-corrected chi connectivity index (χ2v) is 8.07. The van der Waals surface area contributed by atoms with Crippen molar-refractivity contribution in [2.24, 2.45) is 5.92 Å². The number of hydrogen-bond acceptors (Lipinski definition) is 5. The predicted octanol–water partition coefficient (Wildman–Crippen LogP) is 4.21. The lowest BCUT2D eigenvalue weighted by atomic mass is 10.1. The summed E-state index contributed by atoms with van der Waals surface area (Å²) in [6.45, 7) is 7.26. The highest BCUT2D eigenvalue weighted by Crippen LogP contribution is 2.25. The van der Waals surface area contributed by atoms with Crippen LogP contribution in [0.1, 0.15) is 43.1 Å². The molecule has 5 heteroatoms. The van der Waals surface area contributed by atoms with Gasteiger partial charge >= 0.3 is 11.9 Å². The van der Waals surface area contributed by atoms with E-state index in [4.69, 9.17) is 9.47 Å². The summed E-state index contributed by atoms with van der Waals surface area (Å²) in [5.41, 5.74) is 1.99. The van der Waals surface area contributed by atoms with Crippen LogP contribution in [0.4, 0.5) is 5.69 Å². The Morgan fingerprint density at radius 2 is 1.71 bits per heavy atom. The molecule has 0 spiro atoms. The topological polar surface area (TPSA) is 55.8 Å². The summed E-state index contributed by atoms with van der Waals surface area (Å²) in [7, 11) is 0. The molecule has 1 atom stereocenters. The van der Waals surface area contributed by atoms with Crippen LogP contribution in [0.2, 0.25) is 0 Å². The number of rotatable bonds is 5. The first kappa shape index (κ1) is 19.9. The first-order chi connectivity index (χ1) is 13.3. The fraction of sp³-hybridized carbons (Fsp3) is 0.391. The number of benzene rings is 2. The number of carbonyl (C=O) groups is 2. The Balaban J connectivity index is 1.53. The van der Waals surface area contributed by atoms with E-state index < -0.39 is 5.60 Å². The molecule has 1 aliphatic heterocycles. The van der Waals surface area contributed by atoms with Crippen LogP contribution in [0.3, 0.4) is 0 Å². The second-order valence-electron chi connectivity index (χ2n) is 8.07. The molecule has 2 aromatic rings. The van der Waals surface area contributed by atoms with E-state index in [-0.39, 0.29) is 17.9 Å². The van der Waals surface area contributed by atoms with E-state index in [1.54, 1.807) is 12.1 Å². The third-order valence-electron chi connectivity index (χ3n) is 4.61. The predicted molar refractivity (Wildman–Crippen MR) is 108 cm³/mol. The lowest BCUT2D eigenvalue weighted by molar-refractivity contribution is -0.149. The van der Waals surface area contributed by atoms with Crippen molar-refractivity contribution < 1.29 is 19.1 Å². The third kappa shape index (κ3) is 5.35. The molecule has 1 heterocycles. The number of carbonyl (C=O) groups excluding carboxylic acids is 2. The van der Waals surface area contributed by atoms with Gasteiger partial charge in [0, 0.05) is 18.8 Å². The zero-order chi connectivity index (χ0) is 20.1. The zero-order valence-electron chi connectivity index (χ0n) is 16.7. The molecule has 1 aliphatic rings. The summed E-state index contributed by atoms with van der Waals surface area (Å²) in [6.07, 6.45) is 0.765. The van der Waals surface area contributed by atoms with Gasteiger partial charge in [0.15, 0.2) is 0 Å². The van der Waals surface area contributed by atoms with Crippen LogP contribution in [-0.4, -0.2) is 30.6 Å². The van der Waals surface area contributed by atoms with E-state index in [9.17, 15) is 9.59 Å². The Morgan fingerprint density at radius 3 is 2.36 bits per heavy atom. The van der Waals surface area contributed by atoms with Crippen LogP contribution in [0, 0.1) is 5.92 Å². The molecule has 0 radical (unpaired) electrons. The molecule has 2 aromatic carbocycles. The molecule has 1 saturated heterocycles. The molecule has 0 aromatic heterocycles. The standard InChI is InChI=1S/C23H27NO4/c1-23(2,3)28-22(26)18-9-11-20(12-10-18)24-14-13-19(15-24)21(25)27-16-17-7-5-4-6-8-17/h4-12,19H,13-16H2,1-3H3. The molecule has 0 aliphatic carbocycles. The van der Waals surface area contributed by atoms with Crippen molar-refractivity contribution >= 4 is 17.6 Å². The lowest BCUT2D eigenvalue weighted by Gasteiger charge is -2.21. The first-order valence-electron chi connectivity index (χ1n) is 9.61. The van der Waals surface area contributed by atoms with Gasteiger partial charge in [0.05, 0.1) is 11.5 Å². The minimum atomic E-state index is -0.516. The van der Waals surface area contributed by atoms with E-state index in [1.165, 1.54) is 0 Å². The molecule has 148 valence electrons. The largest absolute Gasteiger partial charge is 0.461 e. The van der Waals surface area contributed by atoms with Gasteiger partial charge in [-0.05, 0) is 57.0 Å². The zero-order valence-corrected chi connectivity index (χ0v) is 16.7. The highest BCUT2D eigenvalue weighted by molar-refractivity contribution is 5.90. The minimum absolute atomic E-state index is 0.130. The fourth-order valence-corrected chi connectivity index (χ4v) is 3.18. The number of esters is 2. The minimum Gasteiger partial charge on any atom is -0.461 e. The highest BCUT2D eigenvalue weighted by atomic mass is 16.6. The maximum absolute atomic E-state index is 12.4. The van der Waals surface area contributed by atoms with Crippen LogP contribution >= 0.6 is 0 Å². The summed E-state index contributed by atoms with van der Waals surface area (Å²) in [5, 5.41) is 0. The maximum Gasteiger partial charge on any atom is 0.338 e. The Hall–Kier alpha value is -2.82. The molecular formula is C23H27NO4. The van der Waals surface area contributed by atoms with Gasteiger partial charge in [-0.15, -0.1) is 0 Å². The van der Waals surface area contributed by atoms with E-state index >= 15 is 0 Å². The molecule has 1 unspecified atom stereocenters. The van der Waals surface area contributed by atoms with Gasteiger partial charge in [-0.2, -0.15) is 0 Å². The molecule has 0 bridgehead atoms. The van der Waals surface area contributed by atoms with Crippen molar-refractivity contribution in [1.82, 2.24) is 0 Å². The Morgan fingerprint density at radius 1 is 1.04 bits per heavy atom. The molecule has 28 heavy (non-hydrogen) atoms. The molecule has 0 N–H and O–H groups in total. The van der Waals surface area contributed by atoms with Crippen molar-refractivity contribution in [2.75, 3.05) is 18.0 Å². The van der Waals surface area contributed by atoms with Crippen LogP contribution in [-0.2, 0) is 20.9 Å². The summed E-state index contributed by atoms with van der Waals surface area (Å²) in [6, 6.07) is 17.0. The lowest BCUT2D eigenvalue weighted by Crippen LogP contribution is -2.25. The maximum atomic E-state index is 12.4. The van der Waals surface area contributed by atoms with Crippen LogP contribution in [0.15, 0.2) is 54.6 Å². The van der Waals surface area contributed by atoms with Crippen molar-refractivity contribution in [3.8, 4) is 0 Å².